The van der Waals surface area contributed by atoms with Crippen molar-refractivity contribution in [3.8, 4) is 33.9 Å². The summed E-state index contributed by atoms with van der Waals surface area (Å²) in [5, 5.41) is 13.8. The predicted octanol–water partition coefficient (Wildman–Crippen LogP) is 4.14. The average molecular weight is 655 g/mol. The zero-order valence-corrected chi connectivity index (χ0v) is 26.2. The van der Waals surface area contributed by atoms with Gasteiger partial charge in [-0.1, -0.05) is 0 Å². The van der Waals surface area contributed by atoms with Crippen molar-refractivity contribution < 1.29 is 17.6 Å². The molecule has 240 valence electrons. The Morgan fingerprint density at radius 1 is 0.957 bits per heavy atom. The molecule has 6 heterocycles. The van der Waals surface area contributed by atoms with Crippen LogP contribution in [0.15, 0.2) is 61.2 Å². The number of aromatic nitrogens is 7. The van der Waals surface area contributed by atoms with E-state index in [0.717, 1.165) is 37.8 Å². The van der Waals surface area contributed by atoms with Crippen LogP contribution < -0.4 is 15.4 Å². The topological polar surface area (TPSA) is 183 Å². The quantitative estimate of drug-likeness (QED) is 0.153. The smallest absolute Gasteiger partial charge is 0.224 e. The molecule has 6 aromatic rings. The van der Waals surface area contributed by atoms with Crippen molar-refractivity contribution in [3.05, 3.63) is 72.6 Å². The summed E-state index contributed by atoms with van der Waals surface area (Å²) in [5.41, 5.74) is 6.32. The summed E-state index contributed by atoms with van der Waals surface area (Å²) in [4.78, 5) is 34.3. The summed E-state index contributed by atoms with van der Waals surface area (Å²) in [6.07, 6.45) is 10.0. The van der Waals surface area contributed by atoms with E-state index in [-0.39, 0.29) is 12.5 Å². The number of rotatable bonds is 9. The third-order valence-corrected chi connectivity index (χ3v) is 8.75. The molecule has 15 heteroatoms. The first-order valence-electron chi connectivity index (χ1n) is 15.1. The SMILES string of the molecule is CS(=O)(=O)NCc1cc(F)cc(-c2cncc3[nH]c(-c4n[nH]c5ccc(-c6cncc(NC(=O)CC7CCNCC7)c6)nc45)nc23)c1. The molecule has 1 aliphatic heterocycles. The zero-order chi connectivity index (χ0) is 32.5. The fourth-order valence-corrected chi connectivity index (χ4v) is 6.24. The number of carbonyl (C=O) groups is 1. The van der Waals surface area contributed by atoms with E-state index < -0.39 is 15.8 Å². The average Bonchev–Trinajstić information content (AvgIpc) is 3.68. The van der Waals surface area contributed by atoms with Crippen molar-refractivity contribution in [3.63, 3.8) is 0 Å². The molecule has 1 aliphatic rings. The van der Waals surface area contributed by atoms with Gasteiger partial charge in [0.2, 0.25) is 15.9 Å². The lowest BCUT2D eigenvalue weighted by Crippen LogP contribution is -2.30. The van der Waals surface area contributed by atoms with Gasteiger partial charge < -0.3 is 15.6 Å². The number of carbonyl (C=O) groups excluding carboxylic acids is 1. The fraction of sp³-hybridized carbons (Fsp3) is 0.250. The molecule has 0 aliphatic carbocycles. The normalized spacial score (nSPS) is 14.2. The van der Waals surface area contributed by atoms with Gasteiger partial charge in [-0.3, -0.25) is 19.9 Å². The number of sulfonamides is 1. The molecule has 0 atom stereocenters. The molecule has 1 amide bonds. The van der Waals surface area contributed by atoms with Crippen LogP contribution in [-0.4, -0.2) is 68.8 Å². The van der Waals surface area contributed by atoms with Gasteiger partial charge in [-0.2, -0.15) is 5.10 Å². The Hall–Kier alpha value is -5.12. The van der Waals surface area contributed by atoms with Crippen LogP contribution in [0.2, 0.25) is 0 Å². The van der Waals surface area contributed by atoms with Crippen LogP contribution in [0.25, 0.3) is 56.0 Å². The van der Waals surface area contributed by atoms with E-state index in [1.807, 2.05) is 18.2 Å². The minimum Gasteiger partial charge on any atom is -0.335 e. The van der Waals surface area contributed by atoms with Crippen LogP contribution in [-0.2, 0) is 21.4 Å². The minimum atomic E-state index is -3.46. The Balaban J connectivity index is 1.18. The number of amides is 1. The van der Waals surface area contributed by atoms with Crippen LogP contribution in [0.4, 0.5) is 10.1 Å². The lowest BCUT2D eigenvalue weighted by molar-refractivity contribution is -0.117. The molecular weight excluding hydrogens is 623 g/mol. The number of nitrogens with one attached hydrogen (secondary N) is 5. The Bertz CT molecular complexity index is 2230. The van der Waals surface area contributed by atoms with Crippen LogP contribution in [0.1, 0.15) is 24.8 Å². The number of H-pyrrole nitrogens is 2. The third-order valence-electron chi connectivity index (χ3n) is 8.08. The maximum absolute atomic E-state index is 14.6. The first-order chi connectivity index (χ1) is 22.7. The van der Waals surface area contributed by atoms with Crippen molar-refractivity contribution in [1.29, 1.82) is 0 Å². The number of anilines is 1. The number of imidazole rings is 1. The number of piperidine rings is 1. The molecule has 7 rings (SSSR count). The number of aromatic amines is 2. The largest absolute Gasteiger partial charge is 0.335 e. The highest BCUT2D eigenvalue weighted by molar-refractivity contribution is 7.88. The second-order valence-corrected chi connectivity index (χ2v) is 13.5. The molecule has 1 fully saturated rings. The van der Waals surface area contributed by atoms with Gasteiger partial charge in [0.15, 0.2) is 11.5 Å². The second-order valence-electron chi connectivity index (χ2n) is 11.7. The van der Waals surface area contributed by atoms with Crippen molar-refractivity contribution in [2.75, 3.05) is 24.7 Å². The summed E-state index contributed by atoms with van der Waals surface area (Å²) < 4.78 is 40.2. The van der Waals surface area contributed by atoms with Gasteiger partial charge >= 0.3 is 0 Å². The van der Waals surface area contributed by atoms with Gasteiger partial charge in [0, 0.05) is 36.5 Å². The molecule has 0 unspecified atom stereocenters. The number of pyridine rings is 3. The van der Waals surface area contributed by atoms with Crippen molar-refractivity contribution >= 4 is 43.7 Å². The summed E-state index contributed by atoms with van der Waals surface area (Å²) >= 11 is 0. The molecule has 5 N–H and O–H groups in total. The van der Waals surface area contributed by atoms with Crippen LogP contribution >= 0.6 is 0 Å². The predicted molar refractivity (Wildman–Crippen MR) is 176 cm³/mol. The standard InChI is InChI=1S/C32H31FN10O3S/c1-47(45,46)37-13-19-8-20(11-22(33)9-19)24-16-36-17-27-29(24)41-32(40-27)31-30-26(42-43-31)3-2-25(39-30)21-12-23(15-35-14-21)38-28(44)10-18-4-6-34-7-5-18/h2-3,8-9,11-12,14-18,34,37H,4-7,10,13H2,1H3,(H,38,44)(H,40,41)(H,42,43). The van der Waals surface area contributed by atoms with E-state index in [1.54, 1.807) is 30.9 Å². The highest BCUT2D eigenvalue weighted by atomic mass is 32.2. The first kappa shape index (κ1) is 30.5. The lowest BCUT2D eigenvalue weighted by atomic mass is 9.94. The number of hydrogen-bond donors (Lipinski definition) is 5. The molecule has 1 aromatic carbocycles. The van der Waals surface area contributed by atoms with Crippen molar-refractivity contribution in [2.45, 2.75) is 25.8 Å². The highest BCUT2D eigenvalue weighted by Gasteiger charge is 2.19. The number of nitrogens with zero attached hydrogens (tertiary/aromatic N) is 5. The fourth-order valence-electron chi connectivity index (χ4n) is 5.81. The summed E-state index contributed by atoms with van der Waals surface area (Å²) in [5.74, 6) is 0.250. The van der Waals surface area contributed by atoms with E-state index in [9.17, 15) is 17.6 Å². The van der Waals surface area contributed by atoms with E-state index in [1.165, 1.54) is 12.1 Å². The molecular formula is C32H31FN10O3S. The molecule has 0 radical (unpaired) electrons. The van der Waals surface area contributed by atoms with Gasteiger partial charge in [0.25, 0.3) is 0 Å². The van der Waals surface area contributed by atoms with Crippen LogP contribution in [0, 0.1) is 11.7 Å². The minimum absolute atomic E-state index is 0.0323. The second kappa shape index (κ2) is 12.6. The van der Waals surface area contributed by atoms with E-state index in [0.29, 0.717) is 74.0 Å². The van der Waals surface area contributed by atoms with Gasteiger partial charge in [0.05, 0.1) is 46.6 Å². The number of hydrogen-bond acceptors (Lipinski definition) is 9. The van der Waals surface area contributed by atoms with Crippen LogP contribution in [0.3, 0.4) is 0 Å². The van der Waals surface area contributed by atoms with Gasteiger partial charge in [0.1, 0.15) is 11.3 Å². The maximum Gasteiger partial charge on any atom is 0.224 e. The molecule has 1 saturated heterocycles. The van der Waals surface area contributed by atoms with Crippen molar-refractivity contribution in [2.24, 2.45) is 5.92 Å². The highest BCUT2D eigenvalue weighted by Crippen LogP contribution is 2.32. The Morgan fingerprint density at radius 3 is 2.62 bits per heavy atom. The summed E-state index contributed by atoms with van der Waals surface area (Å²) in [7, 11) is -3.46. The summed E-state index contributed by atoms with van der Waals surface area (Å²) in [6.45, 7) is 1.81. The van der Waals surface area contributed by atoms with E-state index in [4.69, 9.17) is 9.97 Å². The Labute approximate surface area is 268 Å². The number of benzene rings is 1. The number of fused-ring (bicyclic) bond motifs is 2. The van der Waals surface area contributed by atoms with E-state index >= 15 is 0 Å². The summed E-state index contributed by atoms with van der Waals surface area (Å²) in [6, 6.07) is 9.89. The lowest BCUT2D eigenvalue weighted by Gasteiger charge is -2.21. The zero-order valence-electron chi connectivity index (χ0n) is 25.3. The molecule has 13 nitrogen and oxygen atoms in total. The molecule has 47 heavy (non-hydrogen) atoms. The number of halogens is 1. The van der Waals surface area contributed by atoms with Crippen molar-refractivity contribution in [1.82, 2.24) is 45.2 Å². The van der Waals surface area contributed by atoms with E-state index in [2.05, 4.69) is 40.5 Å². The molecule has 0 bridgehead atoms. The first-order valence-corrected chi connectivity index (χ1v) is 17.0. The Kier molecular flexibility index (Phi) is 8.17. The van der Waals surface area contributed by atoms with Gasteiger partial charge in [-0.05, 0) is 79.4 Å². The molecule has 0 spiro atoms. The monoisotopic (exact) mass is 654 g/mol. The Morgan fingerprint density at radius 2 is 1.79 bits per heavy atom. The van der Waals surface area contributed by atoms with Gasteiger partial charge in [-0.15, -0.1) is 0 Å². The van der Waals surface area contributed by atoms with Crippen LogP contribution in [0.5, 0.6) is 0 Å². The molecule has 0 saturated carbocycles. The third kappa shape index (κ3) is 6.86. The van der Waals surface area contributed by atoms with Gasteiger partial charge in [-0.25, -0.2) is 27.5 Å². The maximum atomic E-state index is 14.6. The molecule has 5 aromatic heterocycles.